The summed E-state index contributed by atoms with van der Waals surface area (Å²) < 4.78 is 6.42. The Bertz CT molecular complexity index is 2360. The summed E-state index contributed by atoms with van der Waals surface area (Å²) >= 11 is 1.79. The lowest BCUT2D eigenvalue weighted by atomic mass is 9.97. The fourth-order valence-corrected chi connectivity index (χ4v) is 7.87. The van der Waals surface area contributed by atoms with Gasteiger partial charge in [0.05, 0.1) is 22.7 Å². The van der Waals surface area contributed by atoms with Gasteiger partial charge in [-0.2, -0.15) is 0 Å². The molecule has 0 bridgehead atoms. The van der Waals surface area contributed by atoms with Crippen LogP contribution in [0.4, 0.5) is 34.1 Å². The molecule has 0 saturated heterocycles. The van der Waals surface area contributed by atoms with Crippen molar-refractivity contribution in [3.8, 4) is 45.4 Å². The Morgan fingerprint density at radius 2 is 0.808 bits per heavy atom. The molecular weight excluding hydrogens is 665 g/mol. The SMILES string of the molecule is c1ccc2c(c1)Oc1ccccc1N2c1cc(-c2cc(-c3ncncn3)cc(-c3ncncn3)c2)cc(N2c3ccccc3Sc3ccccc32)c1. The number of rotatable bonds is 5. The molecule has 8 aromatic rings. The molecular formula is C42H26N8OS. The fourth-order valence-electron chi connectivity index (χ4n) is 6.81. The zero-order chi connectivity index (χ0) is 34.4. The van der Waals surface area contributed by atoms with Gasteiger partial charge in [0.15, 0.2) is 23.1 Å². The van der Waals surface area contributed by atoms with Gasteiger partial charge >= 0.3 is 0 Å². The summed E-state index contributed by atoms with van der Waals surface area (Å²) in [4.78, 5) is 33.1. The van der Waals surface area contributed by atoms with Crippen molar-refractivity contribution in [3.05, 3.63) is 159 Å². The van der Waals surface area contributed by atoms with E-state index >= 15 is 0 Å². The van der Waals surface area contributed by atoms with Crippen molar-refractivity contribution in [2.45, 2.75) is 9.79 Å². The number of nitrogens with zero attached hydrogens (tertiary/aromatic N) is 8. The number of aromatic nitrogens is 6. The predicted octanol–water partition coefficient (Wildman–Crippen LogP) is 10.6. The molecule has 6 aromatic carbocycles. The highest BCUT2D eigenvalue weighted by Gasteiger charge is 2.29. The minimum absolute atomic E-state index is 0.551. The highest BCUT2D eigenvalue weighted by atomic mass is 32.2. The first-order chi connectivity index (χ1) is 25.8. The van der Waals surface area contributed by atoms with Gasteiger partial charge in [-0.15, -0.1) is 0 Å². The van der Waals surface area contributed by atoms with E-state index in [1.165, 1.54) is 35.1 Å². The third kappa shape index (κ3) is 5.21. The Hall–Kier alpha value is -6.91. The van der Waals surface area contributed by atoms with Gasteiger partial charge in [0.2, 0.25) is 0 Å². The molecule has 0 spiro atoms. The second kappa shape index (κ2) is 12.4. The third-order valence-electron chi connectivity index (χ3n) is 9.05. The van der Waals surface area contributed by atoms with E-state index in [0.29, 0.717) is 11.6 Å². The summed E-state index contributed by atoms with van der Waals surface area (Å²) in [5.41, 5.74) is 9.64. The van der Waals surface area contributed by atoms with Crippen LogP contribution in [0.25, 0.3) is 33.9 Å². The van der Waals surface area contributed by atoms with E-state index in [0.717, 1.165) is 67.9 Å². The molecule has 0 radical (unpaired) electrons. The minimum atomic E-state index is 0.551. The van der Waals surface area contributed by atoms with E-state index in [9.17, 15) is 0 Å². The smallest absolute Gasteiger partial charge is 0.162 e. The molecule has 52 heavy (non-hydrogen) atoms. The molecule has 2 aliphatic rings. The minimum Gasteiger partial charge on any atom is -0.453 e. The molecule has 0 unspecified atom stereocenters. The molecule has 2 aliphatic heterocycles. The Balaban J connectivity index is 1.26. The van der Waals surface area contributed by atoms with Crippen LogP contribution in [-0.4, -0.2) is 29.9 Å². The average molecular weight is 691 g/mol. The monoisotopic (exact) mass is 690 g/mol. The zero-order valence-corrected chi connectivity index (χ0v) is 28.2. The number of anilines is 6. The molecule has 0 fully saturated rings. The molecule has 0 amide bonds. The number of ether oxygens (including phenoxy) is 1. The maximum absolute atomic E-state index is 6.42. The maximum atomic E-state index is 6.42. The van der Waals surface area contributed by atoms with Crippen LogP contribution in [0, 0.1) is 0 Å². The fraction of sp³-hybridized carbons (Fsp3) is 0. The van der Waals surface area contributed by atoms with Crippen LogP contribution in [0.3, 0.4) is 0 Å². The maximum Gasteiger partial charge on any atom is 0.162 e. The van der Waals surface area contributed by atoms with E-state index in [1.807, 2.05) is 42.5 Å². The van der Waals surface area contributed by atoms with Gasteiger partial charge < -0.3 is 14.5 Å². The zero-order valence-electron chi connectivity index (χ0n) is 27.4. The molecule has 0 saturated carbocycles. The van der Waals surface area contributed by atoms with Gasteiger partial charge in [0, 0.05) is 32.3 Å². The number of fused-ring (bicyclic) bond motifs is 4. The molecule has 10 heteroatoms. The van der Waals surface area contributed by atoms with E-state index in [2.05, 4.69) is 131 Å². The summed E-state index contributed by atoms with van der Waals surface area (Å²) in [6.45, 7) is 0. The first-order valence-corrected chi connectivity index (χ1v) is 17.5. The van der Waals surface area contributed by atoms with E-state index in [1.54, 1.807) is 11.8 Å². The summed E-state index contributed by atoms with van der Waals surface area (Å²) in [5.74, 6) is 2.67. The van der Waals surface area contributed by atoms with Crippen LogP contribution in [-0.2, 0) is 0 Å². The van der Waals surface area contributed by atoms with Crippen LogP contribution in [0.15, 0.2) is 169 Å². The molecule has 0 aliphatic carbocycles. The summed E-state index contributed by atoms with van der Waals surface area (Å²) in [5, 5.41) is 0. The van der Waals surface area contributed by atoms with Gasteiger partial charge in [0.25, 0.3) is 0 Å². The van der Waals surface area contributed by atoms with Crippen molar-refractivity contribution in [2.75, 3.05) is 9.80 Å². The summed E-state index contributed by atoms with van der Waals surface area (Å²) in [6, 6.07) is 46.4. The Morgan fingerprint density at radius 3 is 1.33 bits per heavy atom. The van der Waals surface area contributed by atoms with Crippen molar-refractivity contribution < 1.29 is 4.74 Å². The van der Waals surface area contributed by atoms with Crippen molar-refractivity contribution in [1.82, 2.24) is 29.9 Å². The van der Waals surface area contributed by atoms with Crippen LogP contribution in [0.5, 0.6) is 11.5 Å². The quantitative estimate of drug-likeness (QED) is 0.174. The second-order valence-corrected chi connectivity index (χ2v) is 13.3. The van der Waals surface area contributed by atoms with Crippen LogP contribution in [0.2, 0.25) is 0 Å². The molecule has 10 rings (SSSR count). The molecule has 0 atom stereocenters. The van der Waals surface area contributed by atoms with Gasteiger partial charge in [-0.3, -0.25) is 0 Å². The third-order valence-corrected chi connectivity index (χ3v) is 10.2. The van der Waals surface area contributed by atoms with Crippen LogP contribution < -0.4 is 14.5 Å². The molecule has 246 valence electrons. The Kier molecular flexibility index (Phi) is 7.17. The molecule has 9 nitrogen and oxygen atoms in total. The lowest BCUT2D eigenvalue weighted by Crippen LogP contribution is -2.18. The number of hydrogen-bond acceptors (Lipinski definition) is 10. The lowest BCUT2D eigenvalue weighted by molar-refractivity contribution is 0.477. The molecule has 0 N–H and O–H groups in total. The van der Waals surface area contributed by atoms with Crippen molar-refractivity contribution in [3.63, 3.8) is 0 Å². The predicted molar refractivity (Wildman–Crippen MR) is 203 cm³/mol. The Morgan fingerprint density at radius 1 is 0.404 bits per heavy atom. The van der Waals surface area contributed by atoms with Crippen LogP contribution in [0.1, 0.15) is 0 Å². The van der Waals surface area contributed by atoms with Gasteiger partial charge in [-0.1, -0.05) is 60.3 Å². The molecule has 4 heterocycles. The highest BCUT2D eigenvalue weighted by molar-refractivity contribution is 7.99. The molecule has 2 aromatic heterocycles. The summed E-state index contributed by atoms with van der Waals surface area (Å²) in [7, 11) is 0. The summed E-state index contributed by atoms with van der Waals surface area (Å²) in [6.07, 6.45) is 6.03. The highest BCUT2D eigenvalue weighted by Crippen LogP contribution is 2.55. The van der Waals surface area contributed by atoms with E-state index in [-0.39, 0.29) is 0 Å². The van der Waals surface area contributed by atoms with Crippen molar-refractivity contribution in [1.29, 1.82) is 0 Å². The number of benzene rings is 6. The van der Waals surface area contributed by atoms with E-state index < -0.39 is 0 Å². The van der Waals surface area contributed by atoms with Gasteiger partial charge in [0.1, 0.15) is 25.3 Å². The largest absolute Gasteiger partial charge is 0.453 e. The standard InChI is InChI=1S/C42H26N8OS/c1-5-13-37-33(9-1)49(34-10-2-6-14-38(34)51-37)31-20-28(21-32(22-31)50-35-11-3-7-15-39(35)52-40-16-8-4-12-36(40)50)27-17-29(41-45-23-43-24-46-41)19-30(18-27)42-47-25-44-26-48-42/h1-26H. The second-order valence-electron chi connectivity index (χ2n) is 12.2. The topological polar surface area (TPSA) is 93.0 Å². The first-order valence-electron chi connectivity index (χ1n) is 16.6. The van der Waals surface area contributed by atoms with Gasteiger partial charge in [-0.05, 0) is 96.1 Å². The van der Waals surface area contributed by atoms with Crippen molar-refractivity contribution in [2.24, 2.45) is 0 Å². The first kappa shape index (κ1) is 30.0. The Labute approximate surface area is 303 Å². The van der Waals surface area contributed by atoms with Gasteiger partial charge in [-0.25, -0.2) is 29.9 Å². The lowest BCUT2D eigenvalue weighted by Gasteiger charge is -2.36. The normalized spacial score (nSPS) is 12.6. The number of para-hydroxylation sites is 6. The van der Waals surface area contributed by atoms with E-state index in [4.69, 9.17) is 4.74 Å². The van der Waals surface area contributed by atoms with Crippen molar-refractivity contribution >= 4 is 45.9 Å². The van der Waals surface area contributed by atoms with Crippen LogP contribution >= 0.6 is 11.8 Å². The number of hydrogen-bond donors (Lipinski definition) is 0. The average Bonchev–Trinajstić information content (AvgIpc) is 3.22.